The minimum Gasteiger partial charge on any atom is -0.0654 e. The molecule has 164 valence electrons. The third kappa shape index (κ3) is 20.5. The summed E-state index contributed by atoms with van der Waals surface area (Å²) in [6, 6.07) is 0. The van der Waals surface area contributed by atoms with E-state index in [1.165, 1.54) is 122 Å². The monoisotopic (exact) mass is 380 g/mol. The van der Waals surface area contributed by atoms with Gasteiger partial charge in [0.25, 0.3) is 0 Å². The molecule has 0 rings (SSSR count). The minimum absolute atomic E-state index is 0.873. The number of rotatable bonds is 21. The average Bonchev–Trinajstić information content (AvgIpc) is 2.64. The SMILES string of the molecule is CCCCCCCCCCCCCCC(CCC(C)CCCC)CC(C)C. The summed E-state index contributed by atoms with van der Waals surface area (Å²) in [6.07, 6.45) is 27.8. The summed E-state index contributed by atoms with van der Waals surface area (Å²) >= 11 is 0. The summed E-state index contributed by atoms with van der Waals surface area (Å²) in [5.74, 6) is 2.82. The molecule has 0 saturated carbocycles. The molecule has 0 amide bonds. The molecular weight excluding hydrogens is 324 g/mol. The zero-order chi connectivity index (χ0) is 20.2. The normalized spacial score (nSPS) is 14.0. The van der Waals surface area contributed by atoms with E-state index >= 15 is 0 Å². The van der Waals surface area contributed by atoms with Gasteiger partial charge in [0.15, 0.2) is 0 Å². The van der Waals surface area contributed by atoms with E-state index in [0.717, 1.165) is 17.8 Å². The summed E-state index contributed by atoms with van der Waals surface area (Å²) in [5.41, 5.74) is 0. The smallest absolute Gasteiger partial charge is 0.0412 e. The molecule has 0 heteroatoms. The minimum atomic E-state index is 0.873. The molecule has 0 aliphatic heterocycles. The van der Waals surface area contributed by atoms with E-state index in [-0.39, 0.29) is 0 Å². The van der Waals surface area contributed by atoms with E-state index in [1.54, 1.807) is 0 Å². The first-order valence-electron chi connectivity index (χ1n) is 13.1. The second-order valence-corrected chi connectivity index (χ2v) is 10.00. The molecular formula is C27H56. The summed E-state index contributed by atoms with van der Waals surface area (Å²) in [4.78, 5) is 0. The molecule has 0 aliphatic carbocycles. The molecule has 0 spiro atoms. The van der Waals surface area contributed by atoms with Crippen LogP contribution in [-0.4, -0.2) is 0 Å². The topological polar surface area (TPSA) is 0 Å². The number of hydrogen-bond acceptors (Lipinski definition) is 0. The lowest BCUT2D eigenvalue weighted by Gasteiger charge is -2.21. The van der Waals surface area contributed by atoms with Gasteiger partial charge < -0.3 is 0 Å². The Hall–Kier alpha value is 0. The van der Waals surface area contributed by atoms with Crippen LogP contribution >= 0.6 is 0 Å². The lowest BCUT2D eigenvalue weighted by molar-refractivity contribution is 0.315. The van der Waals surface area contributed by atoms with Crippen LogP contribution in [0, 0.1) is 17.8 Å². The molecule has 0 bridgehead atoms. The van der Waals surface area contributed by atoms with E-state index in [2.05, 4.69) is 34.6 Å². The molecule has 0 aromatic carbocycles. The molecule has 27 heavy (non-hydrogen) atoms. The highest BCUT2D eigenvalue weighted by atomic mass is 14.2. The van der Waals surface area contributed by atoms with Gasteiger partial charge in [-0.25, -0.2) is 0 Å². The average molecular weight is 381 g/mol. The number of unbranched alkanes of at least 4 members (excludes halogenated alkanes) is 12. The van der Waals surface area contributed by atoms with E-state index in [4.69, 9.17) is 0 Å². The summed E-state index contributed by atoms with van der Waals surface area (Å²) in [6.45, 7) is 11.9. The zero-order valence-electron chi connectivity index (χ0n) is 20.2. The maximum Gasteiger partial charge on any atom is -0.0412 e. The fourth-order valence-corrected chi connectivity index (χ4v) is 4.54. The van der Waals surface area contributed by atoms with Gasteiger partial charge in [-0.2, -0.15) is 0 Å². The molecule has 0 heterocycles. The van der Waals surface area contributed by atoms with Crippen molar-refractivity contribution in [3.63, 3.8) is 0 Å². The molecule has 2 atom stereocenters. The maximum atomic E-state index is 2.48. The van der Waals surface area contributed by atoms with Gasteiger partial charge in [-0.15, -0.1) is 0 Å². The van der Waals surface area contributed by atoms with Gasteiger partial charge in [0.2, 0.25) is 0 Å². The second kappa shape index (κ2) is 20.7. The van der Waals surface area contributed by atoms with Gasteiger partial charge in [-0.1, -0.05) is 150 Å². The van der Waals surface area contributed by atoms with Crippen LogP contribution < -0.4 is 0 Å². The van der Waals surface area contributed by atoms with Crippen molar-refractivity contribution in [2.45, 2.75) is 157 Å². The van der Waals surface area contributed by atoms with Crippen molar-refractivity contribution in [1.82, 2.24) is 0 Å². The highest BCUT2D eigenvalue weighted by molar-refractivity contribution is 4.65. The van der Waals surface area contributed by atoms with Crippen LogP contribution in [0.4, 0.5) is 0 Å². The lowest BCUT2D eigenvalue weighted by atomic mass is 9.85. The molecule has 0 aromatic heterocycles. The lowest BCUT2D eigenvalue weighted by Crippen LogP contribution is -2.07. The Morgan fingerprint density at radius 3 is 1.41 bits per heavy atom. The van der Waals surface area contributed by atoms with Gasteiger partial charge >= 0.3 is 0 Å². The van der Waals surface area contributed by atoms with Gasteiger partial charge in [-0.05, 0) is 24.2 Å². The standard InChI is InChI=1S/C27H56/c1-6-8-10-11-12-13-14-15-16-17-18-19-21-27(24-25(3)4)23-22-26(5)20-9-7-2/h25-27H,6-24H2,1-5H3. The van der Waals surface area contributed by atoms with E-state index in [1.807, 2.05) is 0 Å². The van der Waals surface area contributed by atoms with Crippen molar-refractivity contribution in [1.29, 1.82) is 0 Å². The van der Waals surface area contributed by atoms with Crippen molar-refractivity contribution in [3.05, 3.63) is 0 Å². The Morgan fingerprint density at radius 2 is 0.926 bits per heavy atom. The highest BCUT2D eigenvalue weighted by Crippen LogP contribution is 2.27. The van der Waals surface area contributed by atoms with Gasteiger partial charge in [0.1, 0.15) is 0 Å². The predicted octanol–water partition coefficient (Wildman–Crippen LogP) is 10.3. The Balaban J connectivity index is 3.61. The first-order chi connectivity index (χ1) is 13.1. The van der Waals surface area contributed by atoms with Crippen molar-refractivity contribution < 1.29 is 0 Å². The Labute approximate surface area is 174 Å². The van der Waals surface area contributed by atoms with Gasteiger partial charge in [0, 0.05) is 0 Å². The van der Waals surface area contributed by atoms with Crippen LogP contribution in [0.3, 0.4) is 0 Å². The molecule has 0 N–H and O–H groups in total. The van der Waals surface area contributed by atoms with Gasteiger partial charge in [0.05, 0.1) is 0 Å². The molecule has 0 radical (unpaired) electrons. The second-order valence-electron chi connectivity index (χ2n) is 10.00. The van der Waals surface area contributed by atoms with Gasteiger partial charge in [-0.3, -0.25) is 0 Å². The Bertz CT molecular complexity index is 267. The van der Waals surface area contributed by atoms with E-state index in [9.17, 15) is 0 Å². The van der Waals surface area contributed by atoms with Crippen LogP contribution in [0.2, 0.25) is 0 Å². The summed E-state index contributed by atoms with van der Waals surface area (Å²) in [7, 11) is 0. The number of hydrogen-bond donors (Lipinski definition) is 0. The molecule has 0 aliphatic rings. The van der Waals surface area contributed by atoms with Crippen LogP contribution in [0.1, 0.15) is 157 Å². The summed E-state index contributed by atoms with van der Waals surface area (Å²) < 4.78 is 0. The third-order valence-corrected chi connectivity index (χ3v) is 6.39. The highest BCUT2D eigenvalue weighted by Gasteiger charge is 2.13. The first kappa shape index (κ1) is 27.0. The van der Waals surface area contributed by atoms with Crippen molar-refractivity contribution >= 4 is 0 Å². The van der Waals surface area contributed by atoms with Crippen LogP contribution in [0.25, 0.3) is 0 Å². The maximum absolute atomic E-state index is 2.48. The molecule has 2 unspecified atom stereocenters. The Kier molecular flexibility index (Phi) is 20.7. The molecule has 0 fully saturated rings. The van der Waals surface area contributed by atoms with Crippen LogP contribution in [-0.2, 0) is 0 Å². The third-order valence-electron chi connectivity index (χ3n) is 6.39. The quantitative estimate of drug-likeness (QED) is 0.174. The van der Waals surface area contributed by atoms with Crippen LogP contribution in [0.15, 0.2) is 0 Å². The largest absolute Gasteiger partial charge is 0.0654 e. The summed E-state index contributed by atoms with van der Waals surface area (Å²) in [5, 5.41) is 0. The molecule has 0 aromatic rings. The van der Waals surface area contributed by atoms with E-state index in [0.29, 0.717) is 0 Å². The van der Waals surface area contributed by atoms with E-state index < -0.39 is 0 Å². The fraction of sp³-hybridized carbons (Fsp3) is 1.00. The Morgan fingerprint density at radius 1 is 0.444 bits per heavy atom. The van der Waals surface area contributed by atoms with Crippen molar-refractivity contribution in [2.24, 2.45) is 17.8 Å². The van der Waals surface area contributed by atoms with Crippen molar-refractivity contribution in [3.8, 4) is 0 Å². The molecule has 0 saturated heterocycles. The zero-order valence-corrected chi connectivity index (χ0v) is 20.2. The van der Waals surface area contributed by atoms with Crippen molar-refractivity contribution in [2.75, 3.05) is 0 Å². The van der Waals surface area contributed by atoms with Crippen LogP contribution in [0.5, 0.6) is 0 Å². The predicted molar refractivity (Wildman–Crippen MR) is 127 cm³/mol. The first-order valence-corrected chi connectivity index (χ1v) is 13.1. The fourth-order valence-electron chi connectivity index (χ4n) is 4.54. The molecule has 0 nitrogen and oxygen atoms in total.